The molecule has 2 rings (SSSR count). The topological polar surface area (TPSA) is 55.4 Å². The second-order valence-corrected chi connectivity index (χ2v) is 6.70. The molecule has 1 unspecified atom stereocenters. The smallest absolute Gasteiger partial charge is 0.175 e. The lowest BCUT2D eigenvalue weighted by molar-refractivity contribution is 0.144. The maximum Gasteiger partial charge on any atom is 0.175 e. The number of rotatable bonds is 3. The minimum absolute atomic E-state index is 0.359. The molecule has 1 aliphatic rings. The van der Waals surface area contributed by atoms with E-state index in [4.69, 9.17) is 4.74 Å². The van der Waals surface area contributed by atoms with Gasteiger partial charge >= 0.3 is 0 Å². The Balaban J connectivity index is 2.09. The summed E-state index contributed by atoms with van der Waals surface area (Å²) in [5, 5.41) is 3.39. The molecule has 100 valence electrons. The van der Waals surface area contributed by atoms with Crippen molar-refractivity contribution < 1.29 is 13.2 Å². The highest BCUT2D eigenvalue weighted by atomic mass is 32.2. The lowest BCUT2D eigenvalue weighted by Gasteiger charge is -2.17. The minimum atomic E-state index is -3.14. The summed E-state index contributed by atoms with van der Waals surface area (Å²) in [7, 11) is -3.14. The van der Waals surface area contributed by atoms with Gasteiger partial charge in [-0.25, -0.2) is 8.42 Å². The van der Waals surface area contributed by atoms with E-state index in [1.54, 1.807) is 18.2 Å². The van der Waals surface area contributed by atoms with Gasteiger partial charge < -0.3 is 10.1 Å². The van der Waals surface area contributed by atoms with Crippen LogP contribution >= 0.6 is 0 Å². The molecule has 1 N–H and O–H groups in total. The third kappa shape index (κ3) is 3.71. The van der Waals surface area contributed by atoms with Gasteiger partial charge in [0.25, 0.3) is 0 Å². The van der Waals surface area contributed by atoms with Crippen LogP contribution in [0.5, 0.6) is 0 Å². The Hall–Kier alpha value is -1.07. The fraction of sp³-hybridized carbons (Fsp3) is 0.538. The normalized spacial score (nSPS) is 21.3. The third-order valence-electron chi connectivity index (χ3n) is 3.08. The van der Waals surface area contributed by atoms with Gasteiger partial charge in [0.15, 0.2) is 9.84 Å². The van der Waals surface area contributed by atoms with Crippen molar-refractivity contribution in [2.24, 2.45) is 0 Å². The molecule has 0 saturated carbocycles. The minimum Gasteiger partial charge on any atom is -0.382 e. The van der Waals surface area contributed by atoms with E-state index in [0.717, 1.165) is 38.2 Å². The molecule has 1 atom stereocenters. The monoisotopic (exact) mass is 269 g/mol. The maximum absolute atomic E-state index is 11.5. The van der Waals surface area contributed by atoms with Gasteiger partial charge in [0, 0.05) is 31.2 Å². The second-order valence-electron chi connectivity index (χ2n) is 4.68. The summed E-state index contributed by atoms with van der Waals surface area (Å²) >= 11 is 0. The van der Waals surface area contributed by atoms with Gasteiger partial charge in [0.05, 0.1) is 4.90 Å². The molecular weight excluding hydrogens is 250 g/mol. The van der Waals surface area contributed by atoms with Crippen molar-refractivity contribution in [3.05, 3.63) is 24.3 Å². The van der Waals surface area contributed by atoms with Crippen molar-refractivity contribution in [2.75, 3.05) is 24.8 Å². The molecule has 0 aromatic heterocycles. The zero-order chi connectivity index (χ0) is 13.0. The van der Waals surface area contributed by atoms with Gasteiger partial charge in [-0.2, -0.15) is 0 Å². The number of sulfone groups is 1. The molecule has 4 nitrogen and oxygen atoms in total. The van der Waals surface area contributed by atoms with Crippen molar-refractivity contribution in [3.8, 4) is 0 Å². The molecule has 0 amide bonds. The van der Waals surface area contributed by atoms with Crippen molar-refractivity contribution in [1.82, 2.24) is 0 Å². The molecular formula is C13H19NO3S. The summed E-state index contributed by atoms with van der Waals surface area (Å²) in [5.41, 5.74) is 0.866. The lowest BCUT2D eigenvalue weighted by atomic mass is 10.1. The van der Waals surface area contributed by atoms with E-state index in [9.17, 15) is 8.42 Å². The Labute approximate surface area is 108 Å². The van der Waals surface area contributed by atoms with Crippen molar-refractivity contribution in [2.45, 2.75) is 30.2 Å². The van der Waals surface area contributed by atoms with Gasteiger partial charge in [0.2, 0.25) is 0 Å². The van der Waals surface area contributed by atoms with E-state index in [1.807, 2.05) is 6.07 Å². The molecule has 1 saturated heterocycles. The first kappa shape index (κ1) is 13.4. The molecule has 0 bridgehead atoms. The first-order chi connectivity index (χ1) is 8.55. The van der Waals surface area contributed by atoms with E-state index < -0.39 is 9.84 Å². The number of nitrogens with one attached hydrogen (secondary N) is 1. The summed E-state index contributed by atoms with van der Waals surface area (Å²) in [6.07, 6.45) is 4.29. The van der Waals surface area contributed by atoms with Crippen LogP contribution in [0.25, 0.3) is 0 Å². The quantitative estimate of drug-likeness (QED) is 0.912. The largest absolute Gasteiger partial charge is 0.382 e. The maximum atomic E-state index is 11.5. The number of hydrogen-bond donors (Lipinski definition) is 1. The molecule has 1 aromatic rings. The zero-order valence-corrected chi connectivity index (χ0v) is 11.4. The zero-order valence-electron chi connectivity index (χ0n) is 10.6. The number of benzene rings is 1. The summed E-state index contributed by atoms with van der Waals surface area (Å²) in [4.78, 5) is 0.359. The Kier molecular flexibility index (Phi) is 4.24. The van der Waals surface area contributed by atoms with Crippen LogP contribution in [-0.2, 0) is 14.6 Å². The third-order valence-corrected chi connectivity index (χ3v) is 4.20. The highest BCUT2D eigenvalue weighted by Crippen LogP contribution is 2.19. The number of ether oxygens (including phenoxy) is 1. The summed E-state index contributed by atoms with van der Waals surface area (Å²) in [6, 6.07) is 7.35. The molecule has 5 heteroatoms. The van der Waals surface area contributed by atoms with E-state index in [1.165, 1.54) is 6.26 Å². The molecule has 1 heterocycles. The van der Waals surface area contributed by atoms with Gasteiger partial charge in [-0.15, -0.1) is 0 Å². The molecule has 0 radical (unpaired) electrons. The van der Waals surface area contributed by atoms with Crippen molar-refractivity contribution >= 4 is 15.5 Å². The summed E-state index contributed by atoms with van der Waals surface area (Å²) < 4.78 is 28.4. The predicted molar refractivity (Wildman–Crippen MR) is 71.6 cm³/mol. The van der Waals surface area contributed by atoms with Gasteiger partial charge in [-0.1, -0.05) is 6.07 Å². The van der Waals surface area contributed by atoms with Crippen LogP contribution in [0.1, 0.15) is 19.3 Å². The summed E-state index contributed by atoms with van der Waals surface area (Å²) in [6.45, 7) is 1.59. The Bertz CT molecular complexity index is 491. The second kappa shape index (κ2) is 5.71. The Morgan fingerprint density at radius 3 is 2.89 bits per heavy atom. The van der Waals surface area contributed by atoms with Crippen molar-refractivity contribution in [1.29, 1.82) is 0 Å². The van der Waals surface area contributed by atoms with Gasteiger partial charge in [0.1, 0.15) is 0 Å². The lowest BCUT2D eigenvalue weighted by Crippen LogP contribution is -2.19. The van der Waals surface area contributed by atoms with E-state index in [-0.39, 0.29) is 0 Å². The first-order valence-corrected chi connectivity index (χ1v) is 8.09. The molecule has 1 aromatic carbocycles. The average Bonchev–Trinajstić information content (AvgIpc) is 2.57. The summed E-state index contributed by atoms with van der Waals surface area (Å²) in [5.74, 6) is 0. The molecule has 0 aliphatic carbocycles. The van der Waals surface area contributed by atoms with Crippen LogP contribution in [0, 0.1) is 0 Å². The van der Waals surface area contributed by atoms with Gasteiger partial charge in [-0.3, -0.25) is 0 Å². The number of anilines is 1. The Morgan fingerprint density at radius 2 is 2.11 bits per heavy atom. The van der Waals surface area contributed by atoms with Crippen LogP contribution in [0.4, 0.5) is 5.69 Å². The molecule has 0 spiro atoms. The van der Waals surface area contributed by atoms with Crippen molar-refractivity contribution in [3.63, 3.8) is 0 Å². The fourth-order valence-corrected chi connectivity index (χ4v) is 2.77. The first-order valence-electron chi connectivity index (χ1n) is 6.20. The Morgan fingerprint density at radius 1 is 1.28 bits per heavy atom. The standard InChI is InChI=1S/C13H19NO3S/c1-18(15,16)13-6-2-4-12(10-13)14-11-5-3-8-17-9-7-11/h2,4,6,10-11,14H,3,5,7-9H2,1H3. The molecule has 18 heavy (non-hydrogen) atoms. The number of hydrogen-bond acceptors (Lipinski definition) is 4. The van der Waals surface area contributed by atoms with Crippen LogP contribution in [-0.4, -0.2) is 33.9 Å². The van der Waals surface area contributed by atoms with E-state index in [0.29, 0.717) is 10.9 Å². The highest BCUT2D eigenvalue weighted by molar-refractivity contribution is 7.90. The highest BCUT2D eigenvalue weighted by Gasteiger charge is 2.13. The van der Waals surface area contributed by atoms with Gasteiger partial charge in [-0.05, 0) is 37.5 Å². The fourth-order valence-electron chi connectivity index (χ4n) is 2.10. The van der Waals surface area contributed by atoms with Crippen LogP contribution < -0.4 is 5.32 Å². The predicted octanol–water partition coefficient (Wildman–Crippen LogP) is 2.07. The van der Waals surface area contributed by atoms with E-state index >= 15 is 0 Å². The van der Waals surface area contributed by atoms with Crippen LogP contribution in [0.3, 0.4) is 0 Å². The molecule has 1 aliphatic heterocycles. The van der Waals surface area contributed by atoms with Crippen LogP contribution in [0.2, 0.25) is 0 Å². The van der Waals surface area contributed by atoms with E-state index in [2.05, 4.69) is 5.32 Å². The SMILES string of the molecule is CS(=O)(=O)c1cccc(NC2CCCOCC2)c1. The molecule has 1 fully saturated rings. The average molecular weight is 269 g/mol. The van der Waals surface area contributed by atoms with Crippen LogP contribution in [0.15, 0.2) is 29.2 Å².